The highest BCUT2D eigenvalue weighted by Crippen LogP contribution is 2.42. The number of aliphatic carboxylic acids is 1. The number of carbonyl (C=O) groups excluding carboxylic acids is 1. The molecule has 3 aliphatic heterocycles. The van der Waals surface area contributed by atoms with Crippen molar-refractivity contribution in [2.75, 3.05) is 45.9 Å². The molecule has 1 amide bonds. The van der Waals surface area contributed by atoms with Gasteiger partial charge in [-0.05, 0) is 36.2 Å². The number of piperidine rings is 1. The molecular weight excluding hydrogens is 632 g/mol. The number of nitrogens with zero attached hydrogens (tertiary/aromatic N) is 2. The molecule has 0 radical (unpaired) electrons. The number of aliphatic hydroxyl groups excluding tert-OH is 2. The van der Waals surface area contributed by atoms with Crippen LogP contribution in [0.5, 0.6) is 17.2 Å². The molecule has 3 aliphatic rings. The largest absolute Gasteiger partial charge is 0.506 e. The molecule has 0 bridgehead atoms. The number of aliphatic hydroxyl groups is 2. The van der Waals surface area contributed by atoms with Gasteiger partial charge in [-0.2, -0.15) is 13.2 Å². The van der Waals surface area contributed by atoms with Crippen molar-refractivity contribution in [1.29, 1.82) is 0 Å². The number of phenols is 1. The van der Waals surface area contributed by atoms with Crippen molar-refractivity contribution in [2.24, 2.45) is 5.92 Å². The summed E-state index contributed by atoms with van der Waals surface area (Å²) < 4.78 is 43.9. The molecule has 242 valence electrons. The molecule has 15 heteroatoms. The van der Waals surface area contributed by atoms with Crippen molar-refractivity contribution in [3.63, 3.8) is 0 Å². The Morgan fingerprint density at radius 1 is 1.14 bits per heavy atom. The minimum atomic E-state index is -5.08. The average Bonchev–Trinajstić information content (AvgIpc) is 3.59. The number of carboxylic acids is 1. The van der Waals surface area contributed by atoms with Crippen LogP contribution >= 0.6 is 23.2 Å². The van der Waals surface area contributed by atoms with Crippen LogP contribution in [0, 0.1) is 5.92 Å². The van der Waals surface area contributed by atoms with Gasteiger partial charge in [-0.1, -0.05) is 23.2 Å². The second kappa shape index (κ2) is 14.0. The highest BCUT2D eigenvalue weighted by Gasteiger charge is 2.42. The summed E-state index contributed by atoms with van der Waals surface area (Å²) in [7, 11) is 0. The van der Waals surface area contributed by atoms with Crippen molar-refractivity contribution in [2.45, 2.75) is 43.6 Å². The zero-order valence-corrected chi connectivity index (χ0v) is 25.0. The predicted molar refractivity (Wildman–Crippen MR) is 154 cm³/mol. The van der Waals surface area contributed by atoms with E-state index in [1.54, 1.807) is 4.90 Å². The monoisotopic (exact) mass is 664 g/mol. The molecule has 2 fully saturated rings. The van der Waals surface area contributed by atoms with Crippen molar-refractivity contribution >= 4 is 35.1 Å². The second-order valence-electron chi connectivity index (χ2n) is 11.2. The van der Waals surface area contributed by atoms with Gasteiger partial charge in [0.2, 0.25) is 0 Å². The number of alkyl halides is 3. The van der Waals surface area contributed by atoms with Crippen molar-refractivity contribution in [1.82, 2.24) is 9.80 Å². The summed E-state index contributed by atoms with van der Waals surface area (Å²) in [6.07, 6.45) is -2.61. The van der Waals surface area contributed by atoms with Crippen LogP contribution in [-0.2, 0) is 11.2 Å². The van der Waals surface area contributed by atoms with E-state index in [1.165, 1.54) is 12.1 Å². The van der Waals surface area contributed by atoms with E-state index in [2.05, 4.69) is 4.90 Å². The minimum absolute atomic E-state index is 0.0285. The Morgan fingerprint density at radius 2 is 1.82 bits per heavy atom. The Morgan fingerprint density at radius 3 is 2.43 bits per heavy atom. The van der Waals surface area contributed by atoms with E-state index in [0.29, 0.717) is 24.7 Å². The number of ether oxygens (including phenoxy) is 2. The number of phenolic OH excluding ortho intramolecular Hbond substituents is 1. The maximum atomic E-state index is 13.1. The molecular formula is C29H33Cl2F3N2O8. The highest BCUT2D eigenvalue weighted by molar-refractivity contribution is 6.32. The summed E-state index contributed by atoms with van der Waals surface area (Å²) in [5, 5.41) is 38.1. The summed E-state index contributed by atoms with van der Waals surface area (Å²) in [4.78, 5) is 25.8. The Labute approximate surface area is 261 Å². The Bertz CT molecular complexity index is 1350. The van der Waals surface area contributed by atoms with Gasteiger partial charge in [0.1, 0.15) is 35.6 Å². The molecule has 5 rings (SSSR count). The number of likely N-dealkylation sites (tertiary alicyclic amines) is 2. The molecule has 0 unspecified atom stereocenters. The zero-order chi connectivity index (χ0) is 32.2. The number of β-amino-alcohol motifs (C(OH)–C–C–N with tert-alkyl or cyclic N) is 1. The molecule has 1 spiro atoms. The van der Waals surface area contributed by atoms with E-state index < -0.39 is 18.2 Å². The second-order valence-corrected chi connectivity index (χ2v) is 12.0. The molecule has 2 saturated heterocycles. The van der Waals surface area contributed by atoms with E-state index in [1.807, 2.05) is 18.2 Å². The summed E-state index contributed by atoms with van der Waals surface area (Å²) in [6, 6.07) is 8.46. The molecule has 2 aromatic carbocycles. The summed E-state index contributed by atoms with van der Waals surface area (Å²) in [6.45, 7) is 2.96. The van der Waals surface area contributed by atoms with Gasteiger partial charge in [0.05, 0.1) is 10.6 Å². The normalized spacial score (nSPS) is 20.0. The number of fused-ring (bicyclic) bond motifs is 1. The van der Waals surface area contributed by atoms with E-state index in [-0.39, 0.29) is 52.7 Å². The Kier molecular flexibility index (Phi) is 10.8. The van der Waals surface area contributed by atoms with Gasteiger partial charge in [0.25, 0.3) is 5.91 Å². The lowest BCUT2D eigenvalue weighted by Gasteiger charge is -2.39. The fourth-order valence-corrected chi connectivity index (χ4v) is 5.88. The lowest BCUT2D eigenvalue weighted by Crippen LogP contribution is -2.49. The van der Waals surface area contributed by atoms with Crippen molar-refractivity contribution < 1.29 is 52.7 Å². The van der Waals surface area contributed by atoms with Crippen LogP contribution < -0.4 is 9.47 Å². The summed E-state index contributed by atoms with van der Waals surface area (Å²) in [5.74, 6) is -2.10. The first kappa shape index (κ1) is 33.9. The van der Waals surface area contributed by atoms with Gasteiger partial charge in [0.15, 0.2) is 0 Å². The molecule has 2 atom stereocenters. The van der Waals surface area contributed by atoms with Crippen LogP contribution in [0.3, 0.4) is 0 Å². The van der Waals surface area contributed by atoms with Gasteiger partial charge in [0, 0.05) is 75.6 Å². The third-order valence-corrected chi connectivity index (χ3v) is 8.42. The van der Waals surface area contributed by atoms with E-state index in [4.69, 9.17) is 42.6 Å². The molecule has 2 aromatic rings. The fraction of sp³-hybridized carbons (Fsp3) is 0.517. The third kappa shape index (κ3) is 8.39. The smallest absolute Gasteiger partial charge is 0.490 e. The molecule has 44 heavy (non-hydrogen) atoms. The molecule has 0 aromatic heterocycles. The van der Waals surface area contributed by atoms with Crippen molar-refractivity contribution in [3.8, 4) is 17.2 Å². The number of rotatable bonds is 7. The van der Waals surface area contributed by atoms with Crippen molar-refractivity contribution in [3.05, 3.63) is 51.5 Å². The van der Waals surface area contributed by atoms with Gasteiger partial charge in [-0.15, -0.1) is 0 Å². The Balaban J connectivity index is 0.000000566. The zero-order valence-electron chi connectivity index (χ0n) is 23.5. The standard InChI is InChI=1S/C27H32Cl2N2O6.C2HF3O2/c28-19-1-2-24-18(9-19)12-27(37-24)4-7-30(8-5-27)14-20(33)16-36-25-11-23(34)22(29)10-21(25)26(35)31-6-3-17(13-31)15-32;3-2(4,5)1(6)7/h1-2,9-11,17,20,32-34H,3-8,12-16H2;(H,6,7)/t17-,20-;/m0./s1. The molecule has 10 nitrogen and oxygen atoms in total. The lowest BCUT2D eigenvalue weighted by atomic mass is 9.87. The number of hydrogen-bond donors (Lipinski definition) is 4. The first-order chi connectivity index (χ1) is 20.7. The quantitative estimate of drug-likeness (QED) is 0.346. The maximum absolute atomic E-state index is 13.1. The molecule has 0 aliphatic carbocycles. The number of amides is 1. The van der Waals surface area contributed by atoms with Crippen LogP contribution in [0.25, 0.3) is 0 Å². The SMILES string of the molecule is O=C(O)C(F)(F)F.O=C(c1cc(Cl)c(O)cc1OC[C@@H](O)CN1CCC2(CC1)Cc1cc(Cl)ccc1O2)N1CC[C@H](CO)C1. The summed E-state index contributed by atoms with van der Waals surface area (Å²) >= 11 is 12.2. The number of halogens is 5. The first-order valence-corrected chi connectivity index (χ1v) is 14.7. The highest BCUT2D eigenvalue weighted by atomic mass is 35.5. The molecule has 0 saturated carbocycles. The summed E-state index contributed by atoms with van der Waals surface area (Å²) in [5.41, 5.74) is 1.16. The predicted octanol–water partition coefficient (Wildman–Crippen LogP) is 4.00. The number of hydrogen-bond acceptors (Lipinski definition) is 8. The van der Waals surface area contributed by atoms with Gasteiger partial charge in [-0.3, -0.25) is 4.79 Å². The van der Waals surface area contributed by atoms with Crippen LogP contribution in [0.4, 0.5) is 13.2 Å². The Hall–Kier alpha value is -2.97. The fourth-order valence-electron chi connectivity index (χ4n) is 5.53. The van der Waals surface area contributed by atoms with E-state index in [9.17, 15) is 33.3 Å². The first-order valence-electron chi connectivity index (χ1n) is 13.9. The number of carboxylic acid groups (broad SMARTS) is 1. The molecule has 3 heterocycles. The number of benzene rings is 2. The minimum Gasteiger partial charge on any atom is -0.506 e. The maximum Gasteiger partial charge on any atom is 0.490 e. The van der Waals surface area contributed by atoms with Gasteiger partial charge in [-0.25, -0.2) is 4.79 Å². The molecule has 4 N–H and O–H groups in total. The van der Waals surface area contributed by atoms with Crippen LogP contribution in [-0.4, -0.2) is 106 Å². The number of aromatic hydroxyl groups is 1. The van der Waals surface area contributed by atoms with Gasteiger partial charge < -0.3 is 39.7 Å². The van der Waals surface area contributed by atoms with Crippen LogP contribution in [0.15, 0.2) is 30.3 Å². The average molecular weight is 665 g/mol. The lowest BCUT2D eigenvalue weighted by molar-refractivity contribution is -0.192. The number of carbonyl (C=O) groups is 2. The van der Waals surface area contributed by atoms with Crippen LogP contribution in [0.2, 0.25) is 10.0 Å². The van der Waals surface area contributed by atoms with Crippen LogP contribution in [0.1, 0.15) is 35.2 Å². The van der Waals surface area contributed by atoms with E-state index >= 15 is 0 Å². The third-order valence-electron chi connectivity index (χ3n) is 7.88. The van der Waals surface area contributed by atoms with Gasteiger partial charge >= 0.3 is 12.1 Å². The topological polar surface area (TPSA) is 140 Å². The van der Waals surface area contributed by atoms with E-state index in [0.717, 1.165) is 50.1 Å².